The smallest absolute Gasteiger partial charge is 0.170 e. The van der Waals surface area contributed by atoms with Crippen molar-refractivity contribution in [3.05, 3.63) is 107 Å². The van der Waals surface area contributed by atoms with Gasteiger partial charge in [0.1, 0.15) is 5.76 Å². The van der Waals surface area contributed by atoms with Gasteiger partial charge in [-0.05, 0) is 80.2 Å². The van der Waals surface area contributed by atoms with Crippen molar-refractivity contribution in [2.75, 3.05) is 0 Å². The van der Waals surface area contributed by atoms with Crippen LogP contribution in [0.25, 0.3) is 5.69 Å². The van der Waals surface area contributed by atoms with Gasteiger partial charge >= 0.3 is 0 Å². The first-order valence-electron chi connectivity index (χ1n) is 10.5. The molecule has 7 heteroatoms. The summed E-state index contributed by atoms with van der Waals surface area (Å²) in [5, 5.41) is 4.91. The second kappa shape index (κ2) is 8.45. The van der Waals surface area contributed by atoms with Crippen molar-refractivity contribution in [1.82, 2.24) is 19.8 Å². The summed E-state index contributed by atoms with van der Waals surface area (Å²) in [5.74, 6) is 0.865. The maximum atomic E-state index is 6.29. The molecule has 1 aliphatic heterocycles. The zero-order chi connectivity index (χ0) is 22.2. The van der Waals surface area contributed by atoms with Crippen LogP contribution in [0.2, 0.25) is 5.02 Å². The molecule has 1 N–H and O–H groups in total. The van der Waals surface area contributed by atoms with E-state index >= 15 is 0 Å². The highest BCUT2D eigenvalue weighted by Gasteiger charge is 2.41. The first-order valence-corrected chi connectivity index (χ1v) is 11.3. The van der Waals surface area contributed by atoms with E-state index in [4.69, 9.17) is 28.2 Å². The quantitative estimate of drug-likeness (QED) is 0.373. The van der Waals surface area contributed by atoms with E-state index in [9.17, 15) is 0 Å². The topological polar surface area (TPSA) is 46.2 Å². The molecule has 4 aromatic rings. The molecule has 0 spiro atoms. The van der Waals surface area contributed by atoms with Crippen molar-refractivity contribution in [1.29, 1.82) is 0 Å². The van der Waals surface area contributed by atoms with E-state index in [1.54, 1.807) is 6.26 Å². The Morgan fingerprint density at radius 1 is 1.09 bits per heavy atom. The molecule has 3 aromatic heterocycles. The minimum Gasteiger partial charge on any atom is -0.467 e. The van der Waals surface area contributed by atoms with E-state index in [1.807, 2.05) is 54.7 Å². The normalized spacial score (nSPS) is 18.2. The van der Waals surface area contributed by atoms with Crippen LogP contribution < -0.4 is 5.32 Å². The number of aromatic nitrogens is 2. The van der Waals surface area contributed by atoms with Crippen molar-refractivity contribution in [2.24, 2.45) is 0 Å². The van der Waals surface area contributed by atoms with Crippen LogP contribution in [0.1, 0.15) is 40.5 Å². The van der Waals surface area contributed by atoms with Crippen molar-refractivity contribution in [3.8, 4) is 5.69 Å². The lowest BCUT2D eigenvalue weighted by Crippen LogP contribution is -2.29. The van der Waals surface area contributed by atoms with E-state index in [1.165, 1.54) is 5.56 Å². The number of nitrogens with one attached hydrogen (secondary N) is 1. The van der Waals surface area contributed by atoms with Gasteiger partial charge in [0.25, 0.3) is 0 Å². The molecule has 0 aliphatic carbocycles. The van der Waals surface area contributed by atoms with E-state index in [0.29, 0.717) is 16.7 Å². The van der Waals surface area contributed by atoms with Crippen LogP contribution in [0.3, 0.4) is 0 Å². The summed E-state index contributed by atoms with van der Waals surface area (Å²) in [6.07, 6.45) is 3.51. The summed E-state index contributed by atoms with van der Waals surface area (Å²) >= 11 is 12.1. The van der Waals surface area contributed by atoms with Crippen molar-refractivity contribution in [2.45, 2.75) is 32.5 Å². The summed E-state index contributed by atoms with van der Waals surface area (Å²) in [5.41, 5.74) is 5.47. The van der Waals surface area contributed by atoms with Gasteiger partial charge in [-0.15, -0.1) is 0 Å². The number of hydrogen-bond donors (Lipinski definition) is 1. The lowest BCUT2D eigenvalue weighted by atomic mass is 9.96. The molecule has 162 valence electrons. The first-order chi connectivity index (χ1) is 15.5. The molecule has 32 heavy (non-hydrogen) atoms. The first kappa shape index (κ1) is 20.8. The zero-order valence-corrected chi connectivity index (χ0v) is 19.4. The van der Waals surface area contributed by atoms with Crippen LogP contribution in [0.4, 0.5) is 0 Å². The van der Waals surface area contributed by atoms with E-state index in [0.717, 1.165) is 28.5 Å². The van der Waals surface area contributed by atoms with Crippen LogP contribution in [-0.2, 0) is 6.54 Å². The fraction of sp³-hybridized carbons (Fsp3) is 0.200. The Morgan fingerprint density at radius 2 is 1.97 bits per heavy atom. The molecule has 5 nitrogen and oxygen atoms in total. The third kappa shape index (κ3) is 3.70. The maximum Gasteiger partial charge on any atom is 0.170 e. The molecular weight excluding hydrogens is 440 g/mol. The van der Waals surface area contributed by atoms with E-state index in [-0.39, 0.29) is 12.1 Å². The Bertz CT molecular complexity index is 1250. The fourth-order valence-corrected chi connectivity index (χ4v) is 5.07. The molecule has 1 fully saturated rings. The largest absolute Gasteiger partial charge is 0.467 e. The molecule has 4 heterocycles. The predicted molar refractivity (Wildman–Crippen MR) is 130 cm³/mol. The van der Waals surface area contributed by atoms with Gasteiger partial charge in [-0.3, -0.25) is 4.98 Å². The van der Waals surface area contributed by atoms with Gasteiger partial charge in [0.05, 0.1) is 30.6 Å². The van der Waals surface area contributed by atoms with Crippen molar-refractivity contribution < 1.29 is 4.42 Å². The Balaban J connectivity index is 1.63. The van der Waals surface area contributed by atoms with Crippen LogP contribution in [0.5, 0.6) is 0 Å². The highest BCUT2D eigenvalue weighted by molar-refractivity contribution is 7.80. The van der Waals surface area contributed by atoms with Crippen molar-refractivity contribution >= 4 is 28.9 Å². The molecule has 1 aromatic carbocycles. The van der Waals surface area contributed by atoms with Gasteiger partial charge in [0.15, 0.2) is 5.11 Å². The van der Waals surface area contributed by atoms with Gasteiger partial charge in [0, 0.05) is 28.3 Å². The second-order valence-electron chi connectivity index (χ2n) is 7.98. The predicted octanol–water partition coefficient (Wildman–Crippen LogP) is 5.91. The SMILES string of the molecule is Cc1cc(C2C(c3ccccn3)NC(=S)N2Cc2ccco2)c(C)n1-c1cccc(Cl)c1. The second-order valence-corrected chi connectivity index (χ2v) is 8.80. The minimum absolute atomic E-state index is 0.0402. The summed E-state index contributed by atoms with van der Waals surface area (Å²) in [4.78, 5) is 6.83. The Kier molecular flexibility index (Phi) is 5.49. The van der Waals surface area contributed by atoms with Crippen LogP contribution in [-0.4, -0.2) is 19.6 Å². The number of hydrogen-bond acceptors (Lipinski definition) is 3. The molecule has 2 unspecified atom stereocenters. The Hall–Kier alpha value is -3.09. The highest BCUT2D eigenvalue weighted by Crippen LogP contribution is 2.42. The van der Waals surface area contributed by atoms with Gasteiger partial charge < -0.3 is 19.2 Å². The number of halogens is 1. The molecule has 0 radical (unpaired) electrons. The van der Waals surface area contributed by atoms with Crippen molar-refractivity contribution in [3.63, 3.8) is 0 Å². The number of aryl methyl sites for hydroxylation is 1. The van der Waals surface area contributed by atoms with Gasteiger partial charge in [-0.25, -0.2) is 0 Å². The molecule has 5 rings (SSSR count). The molecule has 0 saturated carbocycles. The molecule has 2 atom stereocenters. The summed E-state index contributed by atoms with van der Waals surface area (Å²) in [6, 6.07) is 19.9. The molecule has 0 bridgehead atoms. The van der Waals surface area contributed by atoms with Crippen LogP contribution in [0.15, 0.2) is 77.5 Å². The molecular formula is C25H23ClN4OS. The number of benzene rings is 1. The minimum atomic E-state index is -0.0769. The number of pyridine rings is 1. The molecule has 0 amide bonds. The van der Waals surface area contributed by atoms with Gasteiger partial charge in [-0.2, -0.15) is 0 Å². The number of thiocarbonyl (C=S) groups is 1. The standard InChI is InChI=1S/C25H23ClN4OS/c1-16-13-21(17(2)30(16)19-8-5-7-18(26)14-19)24-23(22-10-3-4-11-27-22)28-25(32)29(24)15-20-9-6-12-31-20/h3-14,23-24H,15H2,1-2H3,(H,28,32). The average Bonchev–Trinajstić information content (AvgIpc) is 3.48. The zero-order valence-electron chi connectivity index (χ0n) is 17.8. The average molecular weight is 463 g/mol. The number of rotatable bonds is 5. The lowest BCUT2D eigenvalue weighted by molar-refractivity contribution is 0.286. The van der Waals surface area contributed by atoms with Gasteiger partial charge in [0.2, 0.25) is 0 Å². The lowest BCUT2D eigenvalue weighted by Gasteiger charge is -2.27. The molecule has 1 saturated heterocycles. The third-order valence-corrected chi connectivity index (χ3v) is 6.55. The van der Waals surface area contributed by atoms with Crippen LogP contribution >= 0.6 is 23.8 Å². The summed E-state index contributed by atoms with van der Waals surface area (Å²) < 4.78 is 7.89. The highest BCUT2D eigenvalue weighted by atomic mass is 35.5. The number of furan rings is 1. The monoisotopic (exact) mass is 462 g/mol. The summed E-state index contributed by atoms with van der Waals surface area (Å²) in [6.45, 7) is 4.84. The van der Waals surface area contributed by atoms with Gasteiger partial charge in [-0.1, -0.05) is 23.7 Å². The Morgan fingerprint density at radius 3 is 2.69 bits per heavy atom. The Labute approximate surface area is 197 Å². The number of nitrogens with zero attached hydrogens (tertiary/aromatic N) is 3. The molecule has 1 aliphatic rings. The van der Waals surface area contributed by atoms with E-state index in [2.05, 4.69) is 45.7 Å². The van der Waals surface area contributed by atoms with Crippen LogP contribution in [0, 0.1) is 13.8 Å². The third-order valence-electron chi connectivity index (χ3n) is 5.96. The summed E-state index contributed by atoms with van der Waals surface area (Å²) in [7, 11) is 0. The van der Waals surface area contributed by atoms with E-state index < -0.39 is 0 Å². The fourth-order valence-electron chi connectivity index (χ4n) is 4.58. The maximum absolute atomic E-state index is 6.29.